The second-order valence-corrected chi connectivity index (χ2v) is 7.84. The molecule has 0 fully saturated rings. The topological polar surface area (TPSA) is 67.8 Å². The molecular weight excluding hydrogens is 417 g/mol. The molecule has 30 heavy (non-hydrogen) atoms. The van der Waals surface area contributed by atoms with E-state index in [9.17, 15) is 13.2 Å². The molecule has 1 aromatic carbocycles. The number of ether oxygens (including phenoxy) is 2. The van der Waals surface area contributed by atoms with Gasteiger partial charge in [0.25, 0.3) is 0 Å². The number of thiazole rings is 1. The summed E-state index contributed by atoms with van der Waals surface area (Å²) in [7, 11) is 1.63. The minimum atomic E-state index is -4.41. The van der Waals surface area contributed by atoms with Crippen molar-refractivity contribution in [3.05, 3.63) is 39.3 Å². The van der Waals surface area contributed by atoms with Crippen LogP contribution in [-0.2, 0) is 25.6 Å². The molecule has 1 atom stereocenters. The van der Waals surface area contributed by atoms with Crippen molar-refractivity contribution in [1.29, 1.82) is 0 Å². The standard InChI is InChI=1S/C20H25F3N4O2S/c1-4-24-19(25-6-5-18-27-17(11-30-18)20(21,22)23)26-10-14-9-16-13(7-12(2)29-16)8-15(14)28-3/h8-9,11-12H,4-7,10H2,1-3H3,(H2,24,25,26). The van der Waals surface area contributed by atoms with Crippen LogP contribution in [0.5, 0.6) is 11.5 Å². The van der Waals surface area contributed by atoms with Gasteiger partial charge in [0, 0.05) is 42.4 Å². The van der Waals surface area contributed by atoms with Crippen molar-refractivity contribution < 1.29 is 22.6 Å². The van der Waals surface area contributed by atoms with Crippen molar-refractivity contribution in [3.63, 3.8) is 0 Å². The summed E-state index contributed by atoms with van der Waals surface area (Å²) in [5, 5.41) is 7.74. The Balaban J connectivity index is 1.62. The van der Waals surface area contributed by atoms with Crippen LogP contribution in [-0.4, -0.2) is 37.2 Å². The van der Waals surface area contributed by atoms with E-state index in [0.717, 1.165) is 45.8 Å². The van der Waals surface area contributed by atoms with Gasteiger partial charge in [0.05, 0.1) is 18.7 Å². The molecule has 0 bridgehead atoms. The number of aromatic nitrogens is 1. The highest BCUT2D eigenvalue weighted by Gasteiger charge is 2.33. The average Bonchev–Trinajstić information content (AvgIpc) is 3.30. The van der Waals surface area contributed by atoms with E-state index < -0.39 is 11.9 Å². The lowest BCUT2D eigenvalue weighted by Crippen LogP contribution is -2.38. The number of rotatable bonds is 7. The van der Waals surface area contributed by atoms with E-state index in [-0.39, 0.29) is 6.10 Å². The third-order valence-corrected chi connectivity index (χ3v) is 5.43. The Morgan fingerprint density at radius 1 is 1.37 bits per heavy atom. The van der Waals surface area contributed by atoms with Crippen LogP contribution in [0.4, 0.5) is 13.2 Å². The number of nitrogens with one attached hydrogen (secondary N) is 2. The Bertz CT molecular complexity index is 899. The largest absolute Gasteiger partial charge is 0.496 e. The maximum absolute atomic E-state index is 12.7. The number of hydrogen-bond acceptors (Lipinski definition) is 5. The molecular formula is C20H25F3N4O2S. The number of methoxy groups -OCH3 is 1. The summed E-state index contributed by atoms with van der Waals surface area (Å²) in [6, 6.07) is 3.95. The monoisotopic (exact) mass is 442 g/mol. The Kier molecular flexibility index (Phi) is 7.06. The quantitative estimate of drug-likeness (QED) is 0.505. The predicted molar refractivity (Wildman–Crippen MR) is 110 cm³/mol. The summed E-state index contributed by atoms with van der Waals surface area (Å²) in [6.45, 7) is 5.41. The molecule has 3 rings (SSSR count). The lowest BCUT2D eigenvalue weighted by atomic mass is 10.1. The third-order valence-electron chi connectivity index (χ3n) is 4.52. The van der Waals surface area contributed by atoms with E-state index in [1.807, 2.05) is 26.0 Å². The highest BCUT2D eigenvalue weighted by atomic mass is 32.1. The van der Waals surface area contributed by atoms with E-state index in [4.69, 9.17) is 9.47 Å². The average molecular weight is 443 g/mol. The van der Waals surface area contributed by atoms with Gasteiger partial charge in [-0.25, -0.2) is 9.98 Å². The number of nitrogens with zero attached hydrogens (tertiary/aromatic N) is 2. The van der Waals surface area contributed by atoms with Crippen LogP contribution >= 0.6 is 11.3 Å². The van der Waals surface area contributed by atoms with Gasteiger partial charge in [-0.1, -0.05) is 0 Å². The van der Waals surface area contributed by atoms with Gasteiger partial charge in [-0.15, -0.1) is 11.3 Å². The van der Waals surface area contributed by atoms with Crippen LogP contribution in [0.15, 0.2) is 22.5 Å². The zero-order valence-electron chi connectivity index (χ0n) is 17.1. The van der Waals surface area contributed by atoms with Gasteiger partial charge < -0.3 is 20.1 Å². The fourth-order valence-electron chi connectivity index (χ4n) is 3.14. The van der Waals surface area contributed by atoms with Gasteiger partial charge in [0.15, 0.2) is 11.7 Å². The van der Waals surface area contributed by atoms with Crippen LogP contribution in [0.1, 0.15) is 35.7 Å². The SMILES string of the molecule is CCNC(=NCc1cc2c(cc1OC)CC(C)O2)NCCc1nc(C(F)(F)F)cs1. The lowest BCUT2D eigenvalue weighted by Gasteiger charge is -2.13. The van der Waals surface area contributed by atoms with Gasteiger partial charge in [0.1, 0.15) is 17.6 Å². The maximum Gasteiger partial charge on any atom is 0.434 e. The lowest BCUT2D eigenvalue weighted by molar-refractivity contribution is -0.140. The number of halogens is 3. The molecule has 1 aliphatic heterocycles. The second kappa shape index (κ2) is 9.55. The molecule has 6 nitrogen and oxygen atoms in total. The first kappa shape index (κ1) is 22.2. The maximum atomic E-state index is 12.7. The van der Waals surface area contributed by atoms with E-state index >= 15 is 0 Å². The van der Waals surface area contributed by atoms with Crippen LogP contribution in [0.2, 0.25) is 0 Å². The summed E-state index contributed by atoms with van der Waals surface area (Å²) >= 11 is 1.01. The van der Waals surface area contributed by atoms with Crippen LogP contribution in [0, 0.1) is 0 Å². The molecule has 1 unspecified atom stereocenters. The Morgan fingerprint density at radius 2 is 2.17 bits per heavy atom. The summed E-state index contributed by atoms with van der Waals surface area (Å²) in [5.74, 6) is 2.19. The molecule has 10 heteroatoms. The van der Waals surface area contributed by atoms with Crippen molar-refractivity contribution in [2.24, 2.45) is 4.99 Å². The van der Waals surface area contributed by atoms with E-state index in [0.29, 0.717) is 37.0 Å². The number of aliphatic imine (C=N–C) groups is 1. The van der Waals surface area contributed by atoms with E-state index in [2.05, 4.69) is 20.6 Å². The Labute approximate surface area is 177 Å². The number of benzene rings is 1. The zero-order chi connectivity index (χ0) is 21.7. The molecule has 0 saturated heterocycles. The fraction of sp³-hybridized carbons (Fsp3) is 0.500. The van der Waals surface area contributed by atoms with Crippen molar-refractivity contribution in [1.82, 2.24) is 15.6 Å². The minimum absolute atomic E-state index is 0.145. The van der Waals surface area contributed by atoms with Gasteiger partial charge in [0.2, 0.25) is 0 Å². The van der Waals surface area contributed by atoms with Gasteiger partial charge >= 0.3 is 6.18 Å². The fourth-order valence-corrected chi connectivity index (χ4v) is 3.95. The number of guanidine groups is 1. The molecule has 2 N–H and O–H groups in total. The third kappa shape index (κ3) is 5.56. The predicted octanol–water partition coefficient (Wildman–Crippen LogP) is 3.79. The smallest absolute Gasteiger partial charge is 0.434 e. The van der Waals surface area contributed by atoms with Crippen LogP contribution in [0.3, 0.4) is 0 Å². The highest BCUT2D eigenvalue weighted by Crippen LogP contribution is 2.35. The van der Waals surface area contributed by atoms with Crippen molar-refractivity contribution in [2.45, 2.75) is 45.5 Å². The molecule has 1 aromatic heterocycles. The second-order valence-electron chi connectivity index (χ2n) is 6.90. The normalized spacial score (nSPS) is 16.2. The summed E-state index contributed by atoms with van der Waals surface area (Å²) in [6.07, 6.45) is -3.04. The number of alkyl halides is 3. The molecule has 2 aromatic rings. The Hall–Kier alpha value is -2.49. The van der Waals surface area contributed by atoms with Gasteiger partial charge in [-0.3, -0.25) is 0 Å². The van der Waals surface area contributed by atoms with Gasteiger partial charge in [-0.2, -0.15) is 13.2 Å². The first-order chi connectivity index (χ1) is 14.3. The summed E-state index contributed by atoms with van der Waals surface area (Å²) in [4.78, 5) is 8.22. The molecule has 0 saturated carbocycles. The highest BCUT2D eigenvalue weighted by molar-refractivity contribution is 7.09. The molecule has 164 valence electrons. The van der Waals surface area contributed by atoms with Crippen LogP contribution < -0.4 is 20.1 Å². The first-order valence-electron chi connectivity index (χ1n) is 9.70. The zero-order valence-corrected chi connectivity index (χ0v) is 17.9. The molecule has 1 aliphatic rings. The van der Waals surface area contributed by atoms with Crippen molar-refractivity contribution >= 4 is 17.3 Å². The van der Waals surface area contributed by atoms with Crippen LogP contribution in [0.25, 0.3) is 0 Å². The van der Waals surface area contributed by atoms with Gasteiger partial charge in [-0.05, 0) is 26.0 Å². The van der Waals surface area contributed by atoms with E-state index in [1.165, 1.54) is 0 Å². The molecule has 0 aliphatic carbocycles. The number of fused-ring (bicyclic) bond motifs is 1. The minimum Gasteiger partial charge on any atom is -0.496 e. The molecule has 0 radical (unpaired) electrons. The molecule has 0 amide bonds. The number of hydrogen-bond donors (Lipinski definition) is 2. The van der Waals surface area contributed by atoms with Crippen molar-refractivity contribution in [3.8, 4) is 11.5 Å². The van der Waals surface area contributed by atoms with E-state index in [1.54, 1.807) is 7.11 Å². The summed E-state index contributed by atoms with van der Waals surface area (Å²) in [5.41, 5.74) is 1.18. The first-order valence-corrected chi connectivity index (χ1v) is 10.6. The molecule has 0 spiro atoms. The summed E-state index contributed by atoms with van der Waals surface area (Å²) < 4.78 is 49.3. The Morgan fingerprint density at radius 3 is 2.83 bits per heavy atom. The molecule has 2 heterocycles. The van der Waals surface area contributed by atoms with Crippen molar-refractivity contribution in [2.75, 3.05) is 20.2 Å².